The third-order valence-corrected chi connectivity index (χ3v) is 7.67. The summed E-state index contributed by atoms with van der Waals surface area (Å²) >= 11 is 0. The Balaban J connectivity index is 1.65. The van der Waals surface area contributed by atoms with Gasteiger partial charge in [-0.3, -0.25) is 9.55 Å². The number of nitrogens with one attached hydrogen (secondary N) is 1. The molecule has 1 aliphatic rings. The molecule has 184 valence electrons. The molecule has 11 heteroatoms. The average molecular weight is 512 g/mol. The molecule has 0 amide bonds. The predicted molar refractivity (Wildman–Crippen MR) is 127 cm³/mol. The summed E-state index contributed by atoms with van der Waals surface area (Å²) in [7, 11) is -4.47. The number of nitrogens with zero attached hydrogens (tertiary/aromatic N) is 4. The summed E-state index contributed by atoms with van der Waals surface area (Å²) in [6, 6.07) is 13.8. The van der Waals surface area contributed by atoms with Gasteiger partial charge in [-0.05, 0) is 61.6 Å². The Labute approximate surface area is 205 Å². The largest absolute Gasteiger partial charge is 0.404 e. The van der Waals surface area contributed by atoms with Crippen molar-refractivity contribution < 1.29 is 21.6 Å². The molecule has 0 aliphatic heterocycles. The number of benzene rings is 1. The molecule has 1 aromatic carbocycles. The molecule has 1 aliphatic carbocycles. The fourth-order valence-corrected chi connectivity index (χ4v) is 5.28. The summed E-state index contributed by atoms with van der Waals surface area (Å²) in [5.41, 5.74) is 2.96. The van der Waals surface area contributed by atoms with Crippen LogP contribution in [0.2, 0.25) is 0 Å². The minimum Gasteiger partial charge on any atom is -0.291 e. The molecule has 0 radical (unpaired) electrons. The van der Waals surface area contributed by atoms with Crippen molar-refractivity contribution in [2.45, 2.75) is 42.8 Å². The summed E-state index contributed by atoms with van der Waals surface area (Å²) in [4.78, 5) is 8.27. The van der Waals surface area contributed by atoms with Crippen LogP contribution < -0.4 is 4.72 Å². The van der Waals surface area contributed by atoms with E-state index in [2.05, 4.69) is 16.0 Å². The monoisotopic (exact) mass is 511 g/mol. The topological polar surface area (TPSA) is 101 Å². The average Bonchev–Trinajstić information content (AvgIpc) is 3.65. The third kappa shape index (κ3) is 4.34. The van der Waals surface area contributed by atoms with Crippen LogP contribution in [0.25, 0.3) is 28.1 Å². The van der Waals surface area contributed by atoms with E-state index in [4.69, 9.17) is 0 Å². The molecule has 0 bridgehead atoms. The van der Waals surface area contributed by atoms with E-state index in [0.29, 0.717) is 28.4 Å². The van der Waals surface area contributed by atoms with Crippen molar-refractivity contribution in [3.05, 3.63) is 72.1 Å². The lowest BCUT2D eigenvalue weighted by Gasteiger charge is -2.17. The molecule has 1 atom stereocenters. The minimum absolute atomic E-state index is 0.282. The number of hydrogen-bond acceptors (Lipinski definition) is 5. The maximum absolute atomic E-state index is 12.9. The molecule has 5 rings (SSSR count). The van der Waals surface area contributed by atoms with E-state index in [0.717, 1.165) is 37.0 Å². The van der Waals surface area contributed by atoms with Gasteiger partial charge in [-0.1, -0.05) is 18.2 Å². The maximum Gasteiger partial charge on any atom is 0.404 e. The van der Waals surface area contributed by atoms with Crippen molar-refractivity contribution in [3.63, 3.8) is 0 Å². The van der Waals surface area contributed by atoms with Gasteiger partial charge in [0.05, 0.1) is 22.5 Å². The molecular formula is C25H20F3N5O2S. The SMILES string of the molecule is CC(NS(=O)(=O)c1ccc(-c2c(C#N)c3ccc(C4CC4)cc3n2-c2ccccn2)nc1)C(F)(F)F. The van der Waals surface area contributed by atoms with E-state index in [-0.39, 0.29) is 5.69 Å². The lowest BCUT2D eigenvalue weighted by molar-refractivity contribution is -0.147. The summed E-state index contributed by atoms with van der Waals surface area (Å²) in [5, 5.41) is 10.8. The molecule has 0 spiro atoms. The molecule has 3 heterocycles. The first-order valence-corrected chi connectivity index (χ1v) is 12.6. The highest BCUT2D eigenvalue weighted by Crippen LogP contribution is 2.43. The molecule has 1 unspecified atom stereocenters. The highest BCUT2D eigenvalue weighted by molar-refractivity contribution is 7.89. The zero-order chi connectivity index (χ0) is 25.7. The van der Waals surface area contributed by atoms with Crippen LogP contribution in [-0.2, 0) is 10.0 Å². The molecule has 3 aromatic heterocycles. The smallest absolute Gasteiger partial charge is 0.291 e. The van der Waals surface area contributed by atoms with Crippen LogP contribution in [0.4, 0.5) is 13.2 Å². The van der Waals surface area contributed by atoms with Crippen LogP contribution in [0.15, 0.2) is 65.8 Å². The molecule has 7 nitrogen and oxygen atoms in total. The Bertz CT molecular complexity index is 1590. The van der Waals surface area contributed by atoms with Gasteiger partial charge in [-0.25, -0.2) is 13.4 Å². The number of aromatic nitrogens is 3. The van der Waals surface area contributed by atoms with Crippen LogP contribution in [-0.4, -0.2) is 35.2 Å². The van der Waals surface area contributed by atoms with Crippen LogP contribution in [0.5, 0.6) is 0 Å². The summed E-state index contributed by atoms with van der Waals surface area (Å²) in [6.07, 6.45) is 0.0832. The molecular weight excluding hydrogens is 491 g/mol. The fraction of sp³-hybridized carbons (Fsp3) is 0.240. The number of halogens is 3. The number of fused-ring (bicyclic) bond motifs is 1. The van der Waals surface area contributed by atoms with E-state index in [1.165, 1.54) is 12.1 Å². The van der Waals surface area contributed by atoms with E-state index >= 15 is 0 Å². The van der Waals surface area contributed by atoms with Crippen molar-refractivity contribution in [1.29, 1.82) is 5.26 Å². The van der Waals surface area contributed by atoms with Crippen LogP contribution >= 0.6 is 0 Å². The van der Waals surface area contributed by atoms with Crippen LogP contribution in [0, 0.1) is 11.3 Å². The van der Waals surface area contributed by atoms with Gasteiger partial charge < -0.3 is 0 Å². The van der Waals surface area contributed by atoms with Crippen LogP contribution in [0.1, 0.15) is 36.8 Å². The van der Waals surface area contributed by atoms with Crippen molar-refractivity contribution in [2.75, 3.05) is 0 Å². The molecule has 1 saturated carbocycles. The quantitative estimate of drug-likeness (QED) is 0.390. The molecule has 36 heavy (non-hydrogen) atoms. The Morgan fingerprint density at radius 1 is 1.14 bits per heavy atom. The van der Waals surface area contributed by atoms with Gasteiger partial charge in [0.1, 0.15) is 22.8 Å². The molecule has 4 aromatic rings. The second-order valence-corrected chi connectivity index (χ2v) is 10.4. The summed E-state index contributed by atoms with van der Waals surface area (Å²) in [6.45, 7) is 0.722. The van der Waals surface area contributed by atoms with Crippen LogP contribution in [0.3, 0.4) is 0 Å². The standard InChI is InChI=1S/C25H20F3N5O2S/c1-15(25(26,27)28)32-36(34,35)18-8-10-21(31-14-18)24-20(13-29)19-9-7-17(16-5-6-16)12-22(19)33(24)23-4-2-3-11-30-23/h2-4,7-12,14-16,32H,5-6H2,1H3. The summed E-state index contributed by atoms with van der Waals surface area (Å²) < 4.78 is 67.0. The lowest BCUT2D eigenvalue weighted by atomic mass is 10.1. The Kier molecular flexibility index (Phi) is 5.81. The zero-order valence-corrected chi connectivity index (χ0v) is 19.8. The highest BCUT2D eigenvalue weighted by atomic mass is 32.2. The third-order valence-electron chi connectivity index (χ3n) is 6.14. The molecule has 1 fully saturated rings. The Morgan fingerprint density at radius 3 is 2.50 bits per heavy atom. The molecule has 0 saturated heterocycles. The van der Waals surface area contributed by atoms with Gasteiger partial charge in [0, 0.05) is 17.8 Å². The van der Waals surface area contributed by atoms with Gasteiger partial charge in [0.2, 0.25) is 10.0 Å². The first-order valence-electron chi connectivity index (χ1n) is 11.2. The van der Waals surface area contributed by atoms with E-state index in [9.17, 15) is 26.9 Å². The zero-order valence-electron chi connectivity index (χ0n) is 19.0. The van der Waals surface area contributed by atoms with E-state index in [1.54, 1.807) is 27.6 Å². The van der Waals surface area contributed by atoms with Gasteiger partial charge in [0.15, 0.2) is 0 Å². The number of rotatable bonds is 6. The lowest BCUT2D eigenvalue weighted by Crippen LogP contribution is -2.42. The first-order chi connectivity index (χ1) is 17.1. The first kappa shape index (κ1) is 24.0. The number of alkyl halides is 3. The highest BCUT2D eigenvalue weighted by Gasteiger charge is 2.39. The second-order valence-electron chi connectivity index (χ2n) is 8.67. The van der Waals surface area contributed by atoms with E-state index < -0.39 is 27.1 Å². The second kappa shape index (κ2) is 8.72. The maximum atomic E-state index is 12.9. The van der Waals surface area contributed by atoms with Crippen molar-refractivity contribution >= 4 is 20.9 Å². The van der Waals surface area contributed by atoms with E-state index in [1.807, 2.05) is 24.3 Å². The van der Waals surface area contributed by atoms with Crippen molar-refractivity contribution in [1.82, 2.24) is 19.3 Å². The predicted octanol–water partition coefficient (Wildman–Crippen LogP) is 5.07. The Hall–Kier alpha value is -3.75. The minimum atomic E-state index is -4.73. The van der Waals surface area contributed by atoms with Gasteiger partial charge >= 0.3 is 6.18 Å². The number of sulfonamides is 1. The summed E-state index contributed by atoms with van der Waals surface area (Å²) in [5.74, 6) is 1.02. The molecule has 1 N–H and O–H groups in total. The Morgan fingerprint density at radius 2 is 1.92 bits per heavy atom. The number of pyridine rings is 2. The number of nitriles is 1. The number of hydrogen-bond donors (Lipinski definition) is 1. The fourth-order valence-electron chi connectivity index (χ4n) is 4.10. The van der Waals surface area contributed by atoms with Gasteiger partial charge in [-0.15, -0.1) is 0 Å². The van der Waals surface area contributed by atoms with Gasteiger partial charge in [-0.2, -0.15) is 23.2 Å². The van der Waals surface area contributed by atoms with Crippen molar-refractivity contribution in [2.24, 2.45) is 0 Å². The normalized spacial score (nSPS) is 15.1. The van der Waals surface area contributed by atoms with Crippen molar-refractivity contribution in [3.8, 4) is 23.3 Å². The van der Waals surface area contributed by atoms with Gasteiger partial charge in [0.25, 0.3) is 0 Å².